The first-order valence-corrected chi connectivity index (χ1v) is 9.04. The number of aromatic nitrogens is 2. The number of nitrogens with two attached hydrogens (primary N) is 1. The van der Waals surface area contributed by atoms with E-state index < -0.39 is 5.91 Å². The first-order chi connectivity index (χ1) is 12.5. The molecule has 1 aromatic heterocycles. The van der Waals surface area contributed by atoms with Crippen LogP contribution < -0.4 is 21.7 Å². The van der Waals surface area contributed by atoms with Crippen LogP contribution in [0.5, 0.6) is 0 Å². The number of methoxy groups -OCH3 is 1. The van der Waals surface area contributed by atoms with Crippen LogP contribution in [0.3, 0.4) is 0 Å². The minimum absolute atomic E-state index is 0.0170. The summed E-state index contributed by atoms with van der Waals surface area (Å²) in [4.78, 5) is 31.9. The van der Waals surface area contributed by atoms with Gasteiger partial charge in [0.15, 0.2) is 0 Å². The number of primary amides is 1. The van der Waals surface area contributed by atoms with E-state index in [2.05, 4.69) is 25.9 Å². The molecule has 1 aliphatic heterocycles. The average molecular weight is 362 g/mol. The molecule has 142 valence electrons. The molecule has 0 spiro atoms. The lowest BCUT2D eigenvalue weighted by atomic mass is 9.93. The Morgan fingerprint density at radius 3 is 2.65 bits per heavy atom. The molecular weight excluding hydrogens is 336 g/mol. The number of nitrogens with one attached hydrogen (secondary N) is 3. The molecule has 0 bridgehead atoms. The predicted octanol–water partition coefficient (Wildman–Crippen LogP) is 0.636. The number of ether oxygens (including phenoxy) is 1. The molecule has 9 nitrogen and oxygen atoms in total. The van der Waals surface area contributed by atoms with Crippen LogP contribution in [-0.4, -0.2) is 53.6 Å². The number of rotatable bonds is 6. The molecule has 0 radical (unpaired) electrons. The molecule has 0 unspecified atom stereocenters. The second kappa shape index (κ2) is 8.31. The van der Waals surface area contributed by atoms with Gasteiger partial charge in [0.05, 0.1) is 11.7 Å². The third kappa shape index (κ3) is 4.60. The van der Waals surface area contributed by atoms with E-state index in [1.165, 1.54) is 6.20 Å². The molecule has 1 aliphatic carbocycles. The molecule has 2 heterocycles. The number of hydrogen-bond acceptors (Lipinski definition) is 7. The van der Waals surface area contributed by atoms with Gasteiger partial charge in [-0.3, -0.25) is 9.59 Å². The number of carbonyl (C=O) groups is 2. The van der Waals surface area contributed by atoms with E-state index in [9.17, 15) is 9.59 Å². The number of carbonyl (C=O) groups excluding carboxylic acids is 2. The zero-order valence-corrected chi connectivity index (χ0v) is 15.0. The maximum Gasteiger partial charge on any atom is 0.254 e. The third-order valence-electron chi connectivity index (χ3n) is 4.98. The van der Waals surface area contributed by atoms with Crippen molar-refractivity contribution in [3.05, 3.63) is 11.8 Å². The first-order valence-electron chi connectivity index (χ1n) is 9.04. The Hall–Kier alpha value is -2.42. The lowest BCUT2D eigenvalue weighted by Crippen LogP contribution is -2.40. The Balaban J connectivity index is 1.69. The molecule has 1 aromatic rings. The normalized spacial score (nSPS) is 26.0. The predicted molar refractivity (Wildman–Crippen MR) is 96.9 cm³/mol. The molecule has 2 amide bonds. The van der Waals surface area contributed by atoms with Gasteiger partial charge in [-0.05, 0) is 32.1 Å². The van der Waals surface area contributed by atoms with Crippen molar-refractivity contribution in [1.29, 1.82) is 0 Å². The van der Waals surface area contributed by atoms with Crippen molar-refractivity contribution in [3.63, 3.8) is 0 Å². The van der Waals surface area contributed by atoms with Crippen molar-refractivity contribution in [1.82, 2.24) is 15.3 Å². The molecule has 2 aliphatic rings. The molecule has 1 saturated heterocycles. The molecule has 5 N–H and O–H groups in total. The SMILES string of the molecule is CO[C@H]1CC[C@H](Nc2ncc(C(N)=O)c(N[C@H]3CCNC(=O)C3)n2)CC1. The lowest BCUT2D eigenvalue weighted by Gasteiger charge is -2.28. The molecule has 1 saturated carbocycles. The first kappa shape index (κ1) is 18.4. The number of piperidine rings is 1. The van der Waals surface area contributed by atoms with Gasteiger partial charge in [-0.2, -0.15) is 4.98 Å². The summed E-state index contributed by atoms with van der Waals surface area (Å²) in [5.74, 6) is 0.218. The summed E-state index contributed by atoms with van der Waals surface area (Å²) >= 11 is 0. The van der Waals surface area contributed by atoms with Crippen molar-refractivity contribution in [2.75, 3.05) is 24.3 Å². The van der Waals surface area contributed by atoms with Crippen LogP contribution in [0.2, 0.25) is 0 Å². The van der Waals surface area contributed by atoms with E-state index in [0.717, 1.165) is 32.1 Å². The summed E-state index contributed by atoms with van der Waals surface area (Å²) < 4.78 is 5.39. The molecule has 3 rings (SSSR count). The number of anilines is 2. The largest absolute Gasteiger partial charge is 0.381 e. The zero-order chi connectivity index (χ0) is 18.5. The van der Waals surface area contributed by atoms with Gasteiger partial charge in [0.1, 0.15) is 5.82 Å². The number of hydrogen-bond donors (Lipinski definition) is 4. The smallest absolute Gasteiger partial charge is 0.254 e. The molecular formula is C17H26N6O3. The Morgan fingerprint density at radius 2 is 2.00 bits per heavy atom. The summed E-state index contributed by atoms with van der Waals surface area (Å²) in [5, 5.41) is 9.29. The fourth-order valence-corrected chi connectivity index (χ4v) is 3.47. The van der Waals surface area contributed by atoms with Crippen LogP contribution in [0.15, 0.2) is 6.20 Å². The van der Waals surface area contributed by atoms with E-state index in [4.69, 9.17) is 10.5 Å². The fraction of sp³-hybridized carbons (Fsp3) is 0.647. The van der Waals surface area contributed by atoms with E-state index in [1.807, 2.05) is 0 Å². The van der Waals surface area contributed by atoms with Gasteiger partial charge in [0.25, 0.3) is 5.91 Å². The Kier molecular flexibility index (Phi) is 5.87. The van der Waals surface area contributed by atoms with E-state index in [0.29, 0.717) is 30.8 Å². The van der Waals surface area contributed by atoms with Gasteiger partial charge in [-0.15, -0.1) is 0 Å². The second-order valence-corrected chi connectivity index (χ2v) is 6.86. The van der Waals surface area contributed by atoms with Crippen molar-refractivity contribution < 1.29 is 14.3 Å². The van der Waals surface area contributed by atoms with Crippen molar-refractivity contribution in [3.8, 4) is 0 Å². The maximum absolute atomic E-state index is 11.7. The second-order valence-electron chi connectivity index (χ2n) is 6.86. The Morgan fingerprint density at radius 1 is 1.23 bits per heavy atom. The van der Waals surface area contributed by atoms with E-state index in [-0.39, 0.29) is 23.6 Å². The molecule has 0 aromatic carbocycles. The van der Waals surface area contributed by atoms with Crippen LogP contribution in [0.1, 0.15) is 48.9 Å². The summed E-state index contributed by atoms with van der Waals surface area (Å²) in [7, 11) is 1.74. The van der Waals surface area contributed by atoms with Gasteiger partial charge in [0, 0.05) is 38.4 Å². The van der Waals surface area contributed by atoms with Crippen molar-refractivity contribution in [2.45, 2.75) is 56.7 Å². The highest BCUT2D eigenvalue weighted by Gasteiger charge is 2.24. The molecule has 9 heteroatoms. The minimum Gasteiger partial charge on any atom is -0.381 e. The zero-order valence-electron chi connectivity index (χ0n) is 15.0. The lowest BCUT2D eigenvalue weighted by molar-refractivity contribution is -0.122. The van der Waals surface area contributed by atoms with Crippen molar-refractivity contribution >= 4 is 23.6 Å². The Bertz CT molecular complexity index is 660. The van der Waals surface area contributed by atoms with Gasteiger partial charge in [-0.1, -0.05) is 0 Å². The van der Waals surface area contributed by atoms with Gasteiger partial charge < -0.3 is 26.4 Å². The van der Waals surface area contributed by atoms with E-state index in [1.54, 1.807) is 7.11 Å². The summed E-state index contributed by atoms with van der Waals surface area (Å²) in [6.07, 6.45) is 6.80. The highest BCUT2D eigenvalue weighted by Crippen LogP contribution is 2.24. The van der Waals surface area contributed by atoms with Crippen LogP contribution in [0, 0.1) is 0 Å². The fourth-order valence-electron chi connectivity index (χ4n) is 3.47. The van der Waals surface area contributed by atoms with Gasteiger partial charge in [-0.25, -0.2) is 4.98 Å². The van der Waals surface area contributed by atoms with E-state index >= 15 is 0 Å². The quantitative estimate of drug-likeness (QED) is 0.584. The van der Waals surface area contributed by atoms with Crippen LogP contribution >= 0.6 is 0 Å². The van der Waals surface area contributed by atoms with Crippen LogP contribution in [0.4, 0.5) is 11.8 Å². The topological polar surface area (TPSA) is 131 Å². The maximum atomic E-state index is 11.7. The monoisotopic (exact) mass is 362 g/mol. The highest BCUT2D eigenvalue weighted by atomic mass is 16.5. The van der Waals surface area contributed by atoms with Crippen LogP contribution in [-0.2, 0) is 9.53 Å². The highest BCUT2D eigenvalue weighted by molar-refractivity contribution is 5.97. The van der Waals surface area contributed by atoms with Gasteiger partial charge >= 0.3 is 0 Å². The Labute approximate surface area is 152 Å². The van der Waals surface area contributed by atoms with Crippen LogP contribution in [0.25, 0.3) is 0 Å². The summed E-state index contributed by atoms with van der Waals surface area (Å²) in [5.41, 5.74) is 5.67. The molecule has 1 atom stereocenters. The number of amides is 2. The minimum atomic E-state index is -0.597. The standard InChI is InChI=1S/C17H26N6O3/c1-26-12-4-2-10(3-5-12)22-17-20-9-13(15(18)25)16(23-17)21-11-6-7-19-14(24)8-11/h9-12H,2-8H2,1H3,(H2,18,25)(H,19,24)(H2,20,21,22,23)/t10-,11-,12-/m0/s1. The average Bonchev–Trinajstić information content (AvgIpc) is 2.62. The summed E-state index contributed by atoms with van der Waals surface area (Å²) in [6.45, 7) is 0.599. The summed E-state index contributed by atoms with van der Waals surface area (Å²) in [6, 6.07) is 0.191. The van der Waals surface area contributed by atoms with Crippen molar-refractivity contribution in [2.24, 2.45) is 5.73 Å². The molecule has 2 fully saturated rings. The number of nitrogens with zero attached hydrogens (tertiary/aromatic N) is 2. The third-order valence-corrected chi connectivity index (χ3v) is 4.98. The van der Waals surface area contributed by atoms with Gasteiger partial charge in [0.2, 0.25) is 11.9 Å². The molecule has 26 heavy (non-hydrogen) atoms.